The zero-order valence-electron chi connectivity index (χ0n) is 13.3. The van der Waals surface area contributed by atoms with Gasteiger partial charge in [0, 0.05) is 40.3 Å². The normalized spacial score (nSPS) is 17.8. The minimum Gasteiger partial charge on any atom is -0.379 e. The summed E-state index contributed by atoms with van der Waals surface area (Å²) >= 11 is 0. The van der Waals surface area contributed by atoms with E-state index in [0.29, 0.717) is 32.8 Å². The third-order valence-electron chi connectivity index (χ3n) is 3.43. The quantitative estimate of drug-likeness (QED) is 0.526. The lowest BCUT2D eigenvalue weighted by molar-refractivity contribution is 0.0730. The lowest BCUT2D eigenvalue weighted by atomic mass is 10.3. The van der Waals surface area contributed by atoms with Crippen LogP contribution in [0.4, 0.5) is 0 Å². The van der Waals surface area contributed by atoms with E-state index in [9.17, 15) is 8.42 Å². The van der Waals surface area contributed by atoms with E-state index < -0.39 is 10.0 Å². The van der Waals surface area contributed by atoms with Crippen LogP contribution in [0.5, 0.6) is 0 Å². The van der Waals surface area contributed by atoms with Crippen LogP contribution >= 0.6 is 0 Å². The Morgan fingerprint density at radius 2 is 2.05 bits per heavy atom. The molecule has 1 aliphatic heterocycles. The van der Waals surface area contributed by atoms with Crippen molar-refractivity contribution in [2.75, 3.05) is 59.2 Å². The lowest BCUT2D eigenvalue weighted by Crippen LogP contribution is -2.45. The largest absolute Gasteiger partial charge is 0.379 e. The molecule has 1 aliphatic rings. The first-order valence-electron chi connectivity index (χ1n) is 7.48. The Morgan fingerprint density at radius 3 is 2.62 bits per heavy atom. The molecule has 1 N–H and O–H groups in total. The van der Waals surface area contributed by atoms with Crippen LogP contribution in [0.15, 0.2) is 4.99 Å². The molecule has 0 atom stereocenters. The third-order valence-corrected chi connectivity index (χ3v) is 5.30. The fourth-order valence-electron chi connectivity index (χ4n) is 2.13. The Kier molecular flexibility index (Phi) is 7.98. The Labute approximate surface area is 128 Å². The van der Waals surface area contributed by atoms with Crippen LogP contribution in [0, 0.1) is 0 Å². The maximum Gasteiger partial charge on any atom is 0.215 e. The Bertz CT molecular complexity index is 419. The number of ether oxygens (including phenoxy) is 1. The Balaban J connectivity index is 2.39. The molecule has 0 aromatic rings. The Hall–Kier alpha value is -0.860. The second kappa shape index (κ2) is 9.22. The zero-order chi connectivity index (χ0) is 15.7. The smallest absolute Gasteiger partial charge is 0.215 e. The monoisotopic (exact) mass is 320 g/mol. The third kappa shape index (κ3) is 6.19. The van der Waals surface area contributed by atoms with Crippen molar-refractivity contribution in [1.82, 2.24) is 14.5 Å². The topological polar surface area (TPSA) is 74.2 Å². The molecule has 0 amide bonds. The number of nitrogens with zero attached hydrogens (tertiary/aromatic N) is 3. The van der Waals surface area contributed by atoms with E-state index in [4.69, 9.17) is 4.74 Å². The van der Waals surface area contributed by atoms with Crippen LogP contribution in [0.3, 0.4) is 0 Å². The molecule has 0 saturated carbocycles. The van der Waals surface area contributed by atoms with Gasteiger partial charge < -0.3 is 15.0 Å². The summed E-state index contributed by atoms with van der Waals surface area (Å²) in [4.78, 5) is 6.19. The number of hydrogen-bond donors (Lipinski definition) is 1. The van der Waals surface area contributed by atoms with Crippen molar-refractivity contribution in [2.24, 2.45) is 4.99 Å². The molecular formula is C13H28N4O3S. The van der Waals surface area contributed by atoms with E-state index in [2.05, 4.69) is 17.2 Å². The summed E-state index contributed by atoms with van der Waals surface area (Å²) in [5.74, 6) is 0.814. The van der Waals surface area contributed by atoms with E-state index in [0.717, 1.165) is 25.3 Å². The van der Waals surface area contributed by atoms with Crippen molar-refractivity contribution >= 4 is 16.0 Å². The number of aliphatic imine (C=N–C) groups is 1. The van der Waals surface area contributed by atoms with E-state index in [1.165, 1.54) is 4.31 Å². The number of hydrogen-bond acceptors (Lipinski definition) is 4. The van der Waals surface area contributed by atoms with Crippen LogP contribution in [0.1, 0.15) is 19.8 Å². The zero-order valence-corrected chi connectivity index (χ0v) is 14.2. The number of nitrogens with one attached hydrogen (secondary N) is 1. The molecule has 0 aliphatic carbocycles. The van der Waals surface area contributed by atoms with E-state index in [-0.39, 0.29) is 5.75 Å². The molecule has 21 heavy (non-hydrogen) atoms. The van der Waals surface area contributed by atoms with Crippen LogP contribution < -0.4 is 5.32 Å². The highest BCUT2D eigenvalue weighted by Gasteiger charge is 2.23. The van der Waals surface area contributed by atoms with E-state index in [1.54, 1.807) is 7.05 Å². The molecule has 0 unspecified atom stereocenters. The minimum atomic E-state index is -3.21. The molecule has 0 spiro atoms. The van der Waals surface area contributed by atoms with Gasteiger partial charge >= 0.3 is 0 Å². The average Bonchev–Trinajstić information content (AvgIpc) is 2.50. The number of morpholine rings is 1. The maximum absolute atomic E-state index is 12.2. The predicted octanol–water partition coefficient (Wildman–Crippen LogP) is -0.0443. The van der Waals surface area contributed by atoms with Gasteiger partial charge in [0.2, 0.25) is 10.0 Å². The van der Waals surface area contributed by atoms with Gasteiger partial charge in [-0.15, -0.1) is 0 Å². The summed E-state index contributed by atoms with van der Waals surface area (Å²) in [5, 5.41) is 3.11. The first-order valence-corrected chi connectivity index (χ1v) is 9.09. The second-order valence-electron chi connectivity index (χ2n) is 5.08. The standard InChI is InChI=1S/C13H28N4O3S/c1-4-5-7-16(3)13(14-2)15-6-12-21(18,19)17-8-10-20-11-9-17/h4-12H2,1-3H3,(H,14,15). The summed E-state index contributed by atoms with van der Waals surface area (Å²) in [6.45, 7) is 5.28. The van der Waals surface area contributed by atoms with Gasteiger partial charge in [0.25, 0.3) is 0 Å². The molecule has 0 aromatic carbocycles. The maximum atomic E-state index is 12.2. The number of rotatable bonds is 7. The highest BCUT2D eigenvalue weighted by Crippen LogP contribution is 2.05. The number of guanidine groups is 1. The van der Waals surface area contributed by atoms with Gasteiger partial charge in [-0.3, -0.25) is 4.99 Å². The molecule has 124 valence electrons. The molecule has 7 nitrogen and oxygen atoms in total. The van der Waals surface area contributed by atoms with Crippen molar-refractivity contribution in [3.8, 4) is 0 Å². The van der Waals surface area contributed by atoms with Crippen molar-refractivity contribution in [3.05, 3.63) is 0 Å². The molecular weight excluding hydrogens is 292 g/mol. The summed E-state index contributed by atoms with van der Waals surface area (Å²) in [5.41, 5.74) is 0. The SMILES string of the molecule is CCCCN(C)C(=NC)NCCS(=O)(=O)N1CCOCC1. The first-order chi connectivity index (χ1) is 10.0. The summed E-state index contributed by atoms with van der Waals surface area (Å²) in [7, 11) is 0.457. The fourth-order valence-corrected chi connectivity index (χ4v) is 3.46. The highest BCUT2D eigenvalue weighted by molar-refractivity contribution is 7.89. The highest BCUT2D eigenvalue weighted by atomic mass is 32.2. The number of sulfonamides is 1. The van der Waals surface area contributed by atoms with Crippen LogP contribution in [-0.2, 0) is 14.8 Å². The average molecular weight is 320 g/mol. The molecule has 1 fully saturated rings. The first kappa shape index (κ1) is 18.2. The van der Waals surface area contributed by atoms with Gasteiger partial charge in [-0.1, -0.05) is 13.3 Å². The molecule has 1 saturated heterocycles. The predicted molar refractivity (Wildman–Crippen MR) is 85.1 cm³/mol. The van der Waals surface area contributed by atoms with Crippen molar-refractivity contribution < 1.29 is 13.2 Å². The van der Waals surface area contributed by atoms with Crippen molar-refractivity contribution in [1.29, 1.82) is 0 Å². The Morgan fingerprint density at radius 1 is 1.38 bits per heavy atom. The van der Waals surface area contributed by atoms with E-state index >= 15 is 0 Å². The van der Waals surface area contributed by atoms with Gasteiger partial charge in [0.05, 0.1) is 19.0 Å². The van der Waals surface area contributed by atoms with Gasteiger partial charge in [0.1, 0.15) is 0 Å². The van der Waals surface area contributed by atoms with Crippen molar-refractivity contribution in [2.45, 2.75) is 19.8 Å². The lowest BCUT2D eigenvalue weighted by Gasteiger charge is -2.26. The summed E-state index contributed by atoms with van der Waals surface area (Å²) in [6, 6.07) is 0. The van der Waals surface area contributed by atoms with E-state index in [1.807, 2.05) is 11.9 Å². The molecule has 0 bridgehead atoms. The van der Waals surface area contributed by atoms with Crippen LogP contribution in [0.2, 0.25) is 0 Å². The molecule has 0 radical (unpaired) electrons. The fraction of sp³-hybridized carbons (Fsp3) is 0.923. The second-order valence-corrected chi connectivity index (χ2v) is 7.17. The summed E-state index contributed by atoms with van der Waals surface area (Å²) in [6.07, 6.45) is 2.20. The van der Waals surface area contributed by atoms with Gasteiger partial charge in [-0.25, -0.2) is 8.42 Å². The molecule has 0 aromatic heterocycles. The molecule has 1 heterocycles. The molecule has 8 heteroatoms. The molecule has 1 rings (SSSR count). The summed E-state index contributed by atoms with van der Waals surface area (Å²) < 4.78 is 31.0. The van der Waals surface area contributed by atoms with Gasteiger partial charge in [-0.05, 0) is 6.42 Å². The van der Waals surface area contributed by atoms with Crippen LogP contribution in [-0.4, -0.2) is 82.8 Å². The number of unbranched alkanes of at least 4 members (excludes halogenated alkanes) is 1. The van der Waals surface area contributed by atoms with Gasteiger partial charge in [0.15, 0.2) is 5.96 Å². The van der Waals surface area contributed by atoms with Gasteiger partial charge in [-0.2, -0.15) is 4.31 Å². The van der Waals surface area contributed by atoms with Crippen molar-refractivity contribution in [3.63, 3.8) is 0 Å². The van der Waals surface area contributed by atoms with Crippen LogP contribution in [0.25, 0.3) is 0 Å². The minimum absolute atomic E-state index is 0.0770.